The van der Waals surface area contributed by atoms with Gasteiger partial charge >= 0.3 is 0 Å². The molecular formula is C24H24ClNO4. The predicted molar refractivity (Wildman–Crippen MR) is 118 cm³/mol. The first-order valence-electron chi connectivity index (χ1n) is 9.56. The predicted octanol–water partition coefficient (Wildman–Crippen LogP) is 4.91. The molecule has 0 saturated carbocycles. The molecule has 0 saturated heterocycles. The zero-order valence-corrected chi connectivity index (χ0v) is 17.7. The second kappa shape index (κ2) is 10.6. The summed E-state index contributed by atoms with van der Waals surface area (Å²) in [6.45, 7) is 0.848. The fourth-order valence-electron chi connectivity index (χ4n) is 2.94. The summed E-state index contributed by atoms with van der Waals surface area (Å²) >= 11 is 6.28. The van der Waals surface area contributed by atoms with Crippen molar-refractivity contribution in [2.75, 3.05) is 20.8 Å². The highest BCUT2D eigenvalue weighted by Crippen LogP contribution is 2.33. The summed E-state index contributed by atoms with van der Waals surface area (Å²) in [4.78, 5) is 12.5. The summed E-state index contributed by atoms with van der Waals surface area (Å²) in [7, 11) is 3.10. The van der Waals surface area contributed by atoms with Crippen molar-refractivity contribution in [2.24, 2.45) is 0 Å². The van der Waals surface area contributed by atoms with E-state index in [4.69, 9.17) is 25.8 Å². The molecule has 3 rings (SSSR count). The smallest absolute Gasteiger partial charge is 0.251 e. The minimum atomic E-state index is -0.198. The molecule has 0 heterocycles. The number of methoxy groups -OCH3 is 2. The van der Waals surface area contributed by atoms with Gasteiger partial charge in [-0.25, -0.2) is 0 Å². The molecule has 3 aromatic carbocycles. The standard InChI is InChI=1S/C24H24ClNO4/c1-28-22-14-19(21(25)15-23(22)29-2)16-26-24(27)18-8-10-20(11-9-18)30-13-12-17-6-4-3-5-7-17/h3-11,14-15H,12-13,16H2,1-2H3,(H,26,27). The number of nitrogens with one attached hydrogen (secondary N) is 1. The monoisotopic (exact) mass is 425 g/mol. The quantitative estimate of drug-likeness (QED) is 0.529. The maximum absolute atomic E-state index is 12.5. The Balaban J connectivity index is 1.53. The normalized spacial score (nSPS) is 10.4. The average molecular weight is 426 g/mol. The maximum Gasteiger partial charge on any atom is 0.251 e. The van der Waals surface area contributed by atoms with E-state index in [9.17, 15) is 4.79 Å². The van der Waals surface area contributed by atoms with Crippen molar-refractivity contribution in [3.8, 4) is 17.2 Å². The van der Waals surface area contributed by atoms with Crippen LogP contribution in [0.25, 0.3) is 0 Å². The molecule has 0 aliphatic rings. The first-order chi connectivity index (χ1) is 14.6. The number of amides is 1. The number of carbonyl (C=O) groups excluding carboxylic acids is 1. The van der Waals surface area contributed by atoms with Crippen LogP contribution >= 0.6 is 11.6 Å². The summed E-state index contributed by atoms with van der Waals surface area (Å²) in [6, 6.07) is 20.7. The van der Waals surface area contributed by atoms with Crippen molar-refractivity contribution >= 4 is 17.5 Å². The molecule has 0 unspecified atom stereocenters. The molecule has 1 amide bonds. The molecule has 156 valence electrons. The highest BCUT2D eigenvalue weighted by atomic mass is 35.5. The Labute approximate surface area is 181 Å². The lowest BCUT2D eigenvalue weighted by molar-refractivity contribution is 0.0951. The van der Waals surface area contributed by atoms with Gasteiger partial charge in [-0.1, -0.05) is 41.9 Å². The number of carbonyl (C=O) groups is 1. The van der Waals surface area contributed by atoms with Crippen LogP contribution in [0, 0.1) is 0 Å². The Morgan fingerprint density at radius 2 is 1.60 bits per heavy atom. The second-order valence-electron chi connectivity index (χ2n) is 6.59. The Kier molecular flexibility index (Phi) is 7.57. The van der Waals surface area contributed by atoms with Crippen molar-refractivity contribution in [1.29, 1.82) is 0 Å². The Morgan fingerprint density at radius 1 is 0.933 bits per heavy atom. The van der Waals surface area contributed by atoms with Gasteiger partial charge in [-0.2, -0.15) is 0 Å². The van der Waals surface area contributed by atoms with Gasteiger partial charge in [-0.05, 0) is 41.5 Å². The SMILES string of the molecule is COc1cc(Cl)c(CNC(=O)c2ccc(OCCc3ccccc3)cc2)cc1OC. The molecule has 0 fully saturated rings. The van der Waals surface area contributed by atoms with Gasteiger partial charge in [-0.3, -0.25) is 4.79 Å². The van der Waals surface area contributed by atoms with Gasteiger partial charge < -0.3 is 19.5 Å². The van der Waals surface area contributed by atoms with Crippen molar-refractivity contribution in [3.05, 3.63) is 88.4 Å². The molecule has 0 atom stereocenters. The number of rotatable bonds is 9. The van der Waals surface area contributed by atoms with E-state index in [1.54, 1.807) is 50.6 Å². The van der Waals surface area contributed by atoms with Gasteiger partial charge in [0.1, 0.15) is 5.75 Å². The van der Waals surface area contributed by atoms with Crippen LogP contribution < -0.4 is 19.5 Å². The van der Waals surface area contributed by atoms with E-state index in [1.165, 1.54) is 5.56 Å². The van der Waals surface area contributed by atoms with Crippen molar-refractivity contribution in [2.45, 2.75) is 13.0 Å². The molecule has 30 heavy (non-hydrogen) atoms. The van der Waals surface area contributed by atoms with Gasteiger partial charge in [0, 0.05) is 29.6 Å². The molecular weight excluding hydrogens is 402 g/mol. The summed E-state index contributed by atoms with van der Waals surface area (Å²) < 4.78 is 16.3. The largest absolute Gasteiger partial charge is 0.493 e. The van der Waals surface area contributed by atoms with Crippen LogP contribution in [0.4, 0.5) is 0 Å². The molecule has 0 spiro atoms. The Bertz CT molecular complexity index is 975. The van der Waals surface area contributed by atoms with E-state index in [2.05, 4.69) is 17.4 Å². The van der Waals surface area contributed by atoms with Gasteiger partial charge in [0.2, 0.25) is 0 Å². The van der Waals surface area contributed by atoms with Crippen LogP contribution in [0.3, 0.4) is 0 Å². The van der Waals surface area contributed by atoms with Crippen molar-refractivity contribution in [1.82, 2.24) is 5.32 Å². The molecule has 0 aliphatic carbocycles. The fourth-order valence-corrected chi connectivity index (χ4v) is 3.16. The molecule has 0 aromatic heterocycles. The summed E-state index contributed by atoms with van der Waals surface area (Å²) in [5.41, 5.74) is 2.51. The van der Waals surface area contributed by atoms with Gasteiger partial charge in [0.15, 0.2) is 11.5 Å². The highest BCUT2D eigenvalue weighted by molar-refractivity contribution is 6.31. The fraction of sp³-hybridized carbons (Fsp3) is 0.208. The van der Waals surface area contributed by atoms with E-state index in [1.807, 2.05) is 18.2 Å². The Morgan fingerprint density at radius 3 is 2.27 bits per heavy atom. The third kappa shape index (κ3) is 5.67. The van der Waals surface area contributed by atoms with Gasteiger partial charge in [0.05, 0.1) is 20.8 Å². The molecule has 5 nitrogen and oxygen atoms in total. The summed E-state index contributed by atoms with van der Waals surface area (Å²) in [5.74, 6) is 1.63. The van der Waals surface area contributed by atoms with Crippen LogP contribution in [0.2, 0.25) is 5.02 Å². The molecule has 3 aromatic rings. The van der Waals surface area contributed by atoms with E-state index in [0.29, 0.717) is 28.7 Å². The van der Waals surface area contributed by atoms with E-state index >= 15 is 0 Å². The van der Waals surface area contributed by atoms with Crippen molar-refractivity contribution < 1.29 is 19.0 Å². The lowest BCUT2D eigenvalue weighted by Gasteiger charge is -2.12. The minimum Gasteiger partial charge on any atom is -0.493 e. The number of benzene rings is 3. The highest BCUT2D eigenvalue weighted by Gasteiger charge is 2.12. The maximum atomic E-state index is 12.5. The minimum absolute atomic E-state index is 0.198. The van der Waals surface area contributed by atoms with Crippen LogP contribution in [0.15, 0.2) is 66.7 Å². The molecule has 1 N–H and O–H groups in total. The summed E-state index contributed by atoms with van der Waals surface area (Å²) in [5, 5.41) is 3.36. The lowest BCUT2D eigenvalue weighted by atomic mass is 10.1. The summed E-state index contributed by atoms with van der Waals surface area (Å²) in [6.07, 6.45) is 0.829. The number of ether oxygens (including phenoxy) is 3. The number of hydrogen-bond donors (Lipinski definition) is 1. The van der Waals surface area contributed by atoms with E-state index in [0.717, 1.165) is 17.7 Å². The van der Waals surface area contributed by atoms with Gasteiger partial charge in [-0.15, -0.1) is 0 Å². The van der Waals surface area contributed by atoms with Crippen molar-refractivity contribution in [3.63, 3.8) is 0 Å². The van der Waals surface area contributed by atoms with Gasteiger partial charge in [0.25, 0.3) is 5.91 Å². The third-order valence-corrected chi connectivity index (χ3v) is 4.96. The third-order valence-electron chi connectivity index (χ3n) is 4.61. The topological polar surface area (TPSA) is 56.8 Å². The van der Waals surface area contributed by atoms with Crippen LogP contribution in [0.1, 0.15) is 21.5 Å². The number of halogens is 1. The first kappa shape index (κ1) is 21.5. The zero-order chi connectivity index (χ0) is 21.3. The zero-order valence-electron chi connectivity index (χ0n) is 17.0. The average Bonchev–Trinajstić information content (AvgIpc) is 2.79. The molecule has 0 bridgehead atoms. The van der Waals surface area contributed by atoms with Crippen LogP contribution in [-0.4, -0.2) is 26.7 Å². The molecule has 0 aliphatic heterocycles. The lowest BCUT2D eigenvalue weighted by Crippen LogP contribution is -2.23. The first-order valence-corrected chi connectivity index (χ1v) is 9.94. The molecule has 6 heteroatoms. The van der Waals surface area contributed by atoms with E-state index in [-0.39, 0.29) is 12.5 Å². The number of hydrogen-bond acceptors (Lipinski definition) is 4. The van der Waals surface area contributed by atoms with E-state index < -0.39 is 0 Å². The van der Waals surface area contributed by atoms with Crippen LogP contribution in [0.5, 0.6) is 17.2 Å². The Hall–Kier alpha value is -3.18. The second-order valence-corrected chi connectivity index (χ2v) is 7.00. The molecule has 0 radical (unpaired) electrons. The van der Waals surface area contributed by atoms with Crippen LogP contribution in [-0.2, 0) is 13.0 Å².